The second-order valence-corrected chi connectivity index (χ2v) is 6.59. The maximum absolute atomic E-state index is 12.1. The number of carbonyl (C=O) groups is 2. The zero-order chi connectivity index (χ0) is 19.9. The van der Waals surface area contributed by atoms with Crippen LogP contribution in [0.1, 0.15) is 17.2 Å². The molecule has 147 valence electrons. The molecule has 7 heteroatoms. The molecule has 28 heavy (non-hydrogen) atoms. The largest absolute Gasteiger partial charge is 0.378 e. The molecular weight excluding hydrogens is 358 g/mol. The third kappa shape index (κ3) is 5.31. The van der Waals surface area contributed by atoms with E-state index >= 15 is 0 Å². The Labute approximate surface area is 164 Å². The first kappa shape index (κ1) is 19.9. The van der Waals surface area contributed by atoms with E-state index in [0.717, 1.165) is 43.2 Å². The molecule has 4 N–H and O–H groups in total. The van der Waals surface area contributed by atoms with Gasteiger partial charge >= 0.3 is 0 Å². The fourth-order valence-corrected chi connectivity index (χ4v) is 2.98. The van der Waals surface area contributed by atoms with Gasteiger partial charge in [0.05, 0.1) is 19.6 Å². The van der Waals surface area contributed by atoms with Gasteiger partial charge in [-0.05, 0) is 41.8 Å². The molecule has 1 aliphatic heterocycles. The lowest BCUT2D eigenvalue weighted by atomic mass is 10.0. The predicted molar refractivity (Wildman–Crippen MR) is 107 cm³/mol. The Morgan fingerprint density at radius 2 is 1.75 bits per heavy atom. The van der Waals surface area contributed by atoms with Crippen molar-refractivity contribution in [3.8, 4) is 0 Å². The summed E-state index contributed by atoms with van der Waals surface area (Å²) < 4.78 is 5.35. The number of hydrogen-bond acceptors (Lipinski definition) is 5. The molecule has 1 radical (unpaired) electrons. The first-order valence-electron chi connectivity index (χ1n) is 9.16. The highest BCUT2D eigenvalue weighted by Crippen LogP contribution is 2.19. The third-order valence-corrected chi connectivity index (χ3v) is 4.60. The van der Waals surface area contributed by atoms with E-state index in [9.17, 15) is 14.7 Å². The summed E-state index contributed by atoms with van der Waals surface area (Å²) in [6.45, 7) is 3.20. The van der Waals surface area contributed by atoms with E-state index in [1.54, 1.807) is 30.7 Å². The van der Waals surface area contributed by atoms with E-state index in [-0.39, 0.29) is 5.91 Å². The van der Waals surface area contributed by atoms with Crippen molar-refractivity contribution >= 4 is 23.2 Å². The summed E-state index contributed by atoms with van der Waals surface area (Å²) in [4.78, 5) is 25.4. The highest BCUT2D eigenvalue weighted by molar-refractivity contribution is 5.97. The molecule has 2 amide bonds. The van der Waals surface area contributed by atoms with E-state index in [0.29, 0.717) is 12.0 Å². The molecule has 0 bridgehead atoms. The summed E-state index contributed by atoms with van der Waals surface area (Å²) in [6.07, 6.45) is 0.668. The van der Waals surface area contributed by atoms with Crippen LogP contribution in [0.3, 0.4) is 0 Å². The number of anilines is 2. The summed E-state index contributed by atoms with van der Waals surface area (Å²) in [6, 6.07) is 14.5. The predicted octanol–water partition coefficient (Wildman–Crippen LogP) is 1.43. The fraction of sp³-hybridized carbons (Fsp3) is 0.286. The van der Waals surface area contributed by atoms with Gasteiger partial charge in [-0.25, -0.2) is 0 Å². The number of ether oxygens (including phenoxy) is 1. The number of nitrogens with zero attached hydrogens (tertiary/aromatic N) is 1. The number of aliphatic hydroxyl groups is 1. The van der Waals surface area contributed by atoms with E-state index < -0.39 is 12.0 Å². The van der Waals surface area contributed by atoms with Crippen molar-refractivity contribution in [2.75, 3.05) is 36.5 Å². The average Bonchev–Trinajstić information content (AvgIpc) is 2.73. The van der Waals surface area contributed by atoms with Crippen molar-refractivity contribution in [2.45, 2.75) is 12.5 Å². The van der Waals surface area contributed by atoms with Gasteiger partial charge in [0.15, 0.2) is 6.10 Å². The fourth-order valence-electron chi connectivity index (χ4n) is 2.98. The molecule has 3 rings (SSSR count). The van der Waals surface area contributed by atoms with Crippen molar-refractivity contribution in [2.24, 2.45) is 5.73 Å². The van der Waals surface area contributed by atoms with E-state index in [1.165, 1.54) is 0 Å². The van der Waals surface area contributed by atoms with Crippen LogP contribution in [0, 0.1) is 6.42 Å². The smallest absolute Gasteiger partial charge is 0.250 e. The van der Waals surface area contributed by atoms with Gasteiger partial charge in [-0.3, -0.25) is 9.59 Å². The highest BCUT2D eigenvalue weighted by Gasteiger charge is 2.14. The van der Waals surface area contributed by atoms with Crippen LogP contribution in [0.25, 0.3) is 0 Å². The van der Waals surface area contributed by atoms with Crippen LogP contribution < -0.4 is 16.0 Å². The minimum atomic E-state index is -1.32. The lowest BCUT2D eigenvalue weighted by molar-refractivity contribution is -0.126. The summed E-state index contributed by atoms with van der Waals surface area (Å²) in [5.41, 5.74) is 8.24. The van der Waals surface area contributed by atoms with Crippen LogP contribution >= 0.6 is 0 Å². The zero-order valence-electron chi connectivity index (χ0n) is 15.5. The lowest BCUT2D eigenvalue weighted by Gasteiger charge is -2.28. The van der Waals surface area contributed by atoms with Crippen LogP contribution in [0.5, 0.6) is 0 Å². The SMILES string of the molecule is NC(=O)[C@@H](O)c1ccc(C[CH]C(=O)Nc2ccc(N3CCOCC3)cc2)cc1. The van der Waals surface area contributed by atoms with E-state index in [4.69, 9.17) is 10.5 Å². The quantitative estimate of drug-likeness (QED) is 0.672. The molecule has 0 aromatic heterocycles. The topological polar surface area (TPSA) is 105 Å². The highest BCUT2D eigenvalue weighted by atomic mass is 16.5. The Morgan fingerprint density at radius 1 is 1.11 bits per heavy atom. The number of benzene rings is 2. The van der Waals surface area contributed by atoms with Crippen LogP contribution in [-0.2, 0) is 20.7 Å². The molecule has 0 saturated carbocycles. The normalized spacial score (nSPS) is 15.1. The molecule has 0 spiro atoms. The van der Waals surface area contributed by atoms with Crippen molar-refractivity contribution in [3.63, 3.8) is 0 Å². The van der Waals surface area contributed by atoms with Gasteiger partial charge in [0.1, 0.15) is 0 Å². The monoisotopic (exact) mass is 382 g/mol. The Morgan fingerprint density at radius 3 is 2.36 bits per heavy atom. The molecule has 0 aliphatic carbocycles. The second kappa shape index (κ2) is 9.34. The van der Waals surface area contributed by atoms with Crippen molar-refractivity contribution in [1.29, 1.82) is 0 Å². The summed E-state index contributed by atoms with van der Waals surface area (Å²) in [7, 11) is 0. The minimum Gasteiger partial charge on any atom is -0.378 e. The maximum atomic E-state index is 12.1. The number of nitrogens with two attached hydrogens (primary N) is 1. The molecule has 0 unspecified atom stereocenters. The molecule has 7 nitrogen and oxygen atoms in total. The number of amides is 2. The number of aliphatic hydroxyl groups excluding tert-OH is 1. The Bertz CT molecular complexity index is 799. The van der Waals surface area contributed by atoms with Crippen LogP contribution in [0.2, 0.25) is 0 Å². The Kier molecular flexibility index (Phi) is 6.62. The van der Waals surface area contributed by atoms with Crippen molar-refractivity contribution in [3.05, 3.63) is 66.1 Å². The van der Waals surface area contributed by atoms with Crippen molar-refractivity contribution < 1.29 is 19.4 Å². The Balaban J connectivity index is 1.48. The molecule has 1 heterocycles. The van der Waals surface area contributed by atoms with E-state index in [2.05, 4.69) is 10.2 Å². The molecule has 1 saturated heterocycles. The third-order valence-electron chi connectivity index (χ3n) is 4.60. The number of carbonyl (C=O) groups excluding carboxylic acids is 2. The first-order chi connectivity index (χ1) is 13.5. The van der Waals surface area contributed by atoms with Gasteiger partial charge < -0.3 is 25.8 Å². The maximum Gasteiger partial charge on any atom is 0.250 e. The van der Waals surface area contributed by atoms with Crippen LogP contribution in [-0.4, -0.2) is 43.2 Å². The van der Waals surface area contributed by atoms with E-state index in [1.807, 2.05) is 24.3 Å². The van der Waals surface area contributed by atoms with Crippen LogP contribution in [0.4, 0.5) is 11.4 Å². The van der Waals surface area contributed by atoms with Gasteiger partial charge in [-0.1, -0.05) is 24.3 Å². The van der Waals surface area contributed by atoms with Crippen LogP contribution in [0.15, 0.2) is 48.5 Å². The molecule has 2 aromatic rings. The number of morpholine rings is 1. The molecule has 2 aromatic carbocycles. The number of nitrogens with one attached hydrogen (secondary N) is 1. The molecule has 1 aliphatic rings. The van der Waals surface area contributed by atoms with Gasteiger partial charge in [0.25, 0.3) is 5.91 Å². The van der Waals surface area contributed by atoms with Gasteiger partial charge in [-0.2, -0.15) is 0 Å². The lowest BCUT2D eigenvalue weighted by Crippen LogP contribution is -2.36. The minimum absolute atomic E-state index is 0.194. The summed E-state index contributed by atoms with van der Waals surface area (Å²) >= 11 is 0. The number of hydrogen-bond donors (Lipinski definition) is 3. The summed E-state index contributed by atoms with van der Waals surface area (Å²) in [5, 5.41) is 12.5. The van der Waals surface area contributed by atoms with Gasteiger partial charge in [0.2, 0.25) is 5.91 Å². The number of primary amides is 1. The number of rotatable bonds is 7. The molecule has 1 atom stereocenters. The first-order valence-corrected chi connectivity index (χ1v) is 9.16. The Hall–Kier alpha value is -2.90. The standard InChI is InChI=1S/C21H24N3O4/c22-21(27)20(26)16-4-1-15(2-5-16)3-10-19(25)23-17-6-8-18(9-7-17)24-11-13-28-14-12-24/h1-2,4-10,20,26H,3,11-14H2,(H2,22,27)(H,23,25)/t20-/m0/s1. The zero-order valence-corrected chi connectivity index (χ0v) is 15.5. The molecular formula is C21H24N3O4. The summed E-state index contributed by atoms with van der Waals surface area (Å²) in [5.74, 6) is -0.987. The molecule has 1 fully saturated rings. The van der Waals surface area contributed by atoms with Gasteiger partial charge in [-0.15, -0.1) is 0 Å². The van der Waals surface area contributed by atoms with Gasteiger partial charge in [0, 0.05) is 24.5 Å². The van der Waals surface area contributed by atoms with Crippen molar-refractivity contribution in [1.82, 2.24) is 0 Å². The average molecular weight is 382 g/mol. The second-order valence-electron chi connectivity index (χ2n) is 6.59.